The van der Waals surface area contributed by atoms with Crippen LogP contribution in [0.5, 0.6) is 5.75 Å². The molecule has 0 saturated carbocycles. The second-order valence-corrected chi connectivity index (χ2v) is 7.71. The second-order valence-electron chi connectivity index (χ2n) is 7.71. The van der Waals surface area contributed by atoms with Gasteiger partial charge in [-0.05, 0) is 25.1 Å². The smallest absolute Gasteiger partial charge is 0.229 e. The molecule has 2 aromatic rings. The fourth-order valence-electron chi connectivity index (χ4n) is 3.63. The highest BCUT2D eigenvalue weighted by atomic mass is 16.5. The average Bonchev–Trinajstić information content (AvgIpc) is 2.72. The Morgan fingerprint density at radius 1 is 1.26 bits per heavy atom. The van der Waals surface area contributed by atoms with Crippen molar-refractivity contribution >= 4 is 28.9 Å². The van der Waals surface area contributed by atoms with E-state index in [1.54, 1.807) is 7.11 Å². The van der Waals surface area contributed by atoms with E-state index in [2.05, 4.69) is 30.8 Å². The number of rotatable bonds is 7. The van der Waals surface area contributed by atoms with Gasteiger partial charge in [-0.2, -0.15) is 4.98 Å². The molecule has 0 atom stereocenters. The fraction of sp³-hybridized carbons (Fsp3) is 0.409. The number of aryl methyl sites for hydroxylation is 1. The van der Waals surface area contributed by atoms with E-state index in [1.807, 2.05) is 44.4 Å². The molecule has 4 N–H and O–H groups in total. The first-order valence-corrected chi connectivity index (χ1v) is 10.4. The average molecular weight is 424 g/mol. The lowest BCUT2D eigenvalue weighted by Crippen LogP contribution is -2.52. The number of hydrogen-bond donors (Lipinski definition) is 4. The van der Waals surface area contributed by atoms with Crippen molar-refractivity contribution < 1.29 is 9.47 Å². The van der Waals surface area contributed by atoms with Crippen molar-refractivity contribution in [2.24, 2.45) is 0 Å². The minimum Gasteiger partial charge on any atom is -0.495 e. The summed E-state index contributed by atoms with van der Waals surface area (Å²) in [5.74, 6) is 1.99. The van der Waals surface area contributed by atoms with Crippen LogP contribution in [0.1, 0.15) is 12.1 Å². The molecule has 164 valence electrons. The van der Waals surface area contributed by atoms with E-state index in [0.717, 1.165) is 66.9 Å². The standard InChI is InChI=1S/C22H29N7O2/c1-14-8-21(24-2)28-22(26-14)27-16-4-5-20(30-3)19(9-16)25-10-15-11-29(7-6-18(15)23)17-12-31-13-17/h4-5,8-10,17,23,25H,6-7,11-13H2,1-3H3,(H2,24,26,27,28)/b15-10-,23-18?. The van der Waals surface area contributed by atoms with Crippen molar-refractivity contribution in [1.82, 2.24) is 14.9 Å². The Balaban J connectivity index is 1.51. The van der Waals surface area contributed by atoms with Crippen LogP contribution in [-0.4, -0.2) is 67.1 Å². The van der Waals surface area contributed by atoms with Crippen LogP contribution in [-0.2, 0) is 4.74 Å². The van der Waals surface area contributed by atoms with Crippen LogP contribution in [0.25, 0.3) is 0 Å². The van der Waals surface area contributed by atoms with Gasteiger partial charge in [0.05, 0.1) is 32.1 Å². The number of piperidine rings is 1. The summed E-state index contributed by atoms with van der Waals surface area (Å²) in [6.45, 7) is 5.17. The van der Waals surface area contributed by atoms with E-state index >= 15 is 0 Å². The summed E-state index contributed by atoms with van der Waals surface area (Å²) < 4.78 is 10.8. The summed E-state index contributed by atoms with van der Waals surface area (Å²) in [7, 11) is 3.47. The van der Waals surface area contributed by atoms with Crippen LogP contribution in [0.3, 0.4) is 0 Å². The van der Waals surface area contributed by atoms with E-state index in [0.29, 0.717) is 17.7 Å². The monoisotopic (exact) mass is 423 g/mol. The zero-order valence-electron chi connectivity index (χ0n) is 18.2. The highest BCUT2D eigenvalue weighted by Gasteiger charge is 2.30. The summed E-state index contributed by atoms with van der Waals surface area (Å²) in [6.07, 6.45) is 2.67. The molecule has 0 radical (unpaired) electrons. The van der Waals surface area contributed by atoms with E-state index in [1.165, 1.54) is 0 Å². The molecule has 1 aromatic heterocycles. The first kappa shape index (κ1) is 21.1. The van der Waals surface area contributed by atoms with Crippen LogP contribution in [0.4, 0.5) is 23.1 Å². The van der Waals surface area contributed by atoms with E-state index in [9.17, 15) is 0 Å². The Morgan fingerprint density at radius 2 is 2.10 bits per heavy atom. The number of hydrogen-bond acceptors (Lipinski definition) is 9. The molecule has 0 spiro atoms. The third kappa shape index (κ3) is 4.95. The van der Waals surface area contributed by atoms with Crippen LogP contribution in [0, 0.1) is 12.3 Å². The number of benzene rings is 1. The van der Waals surface area contributed by atoms with Crippen LogP contribution < -0.4 is 20.7 Å². The van der Waals surface area contributed by atoms with E-state index in [-0.39, 0.29) is 0 Å². The molecule has 2 saturated heterocycles. The highest BCUT2D eigenvalue weighted by molar-refractivity contribution is 5.99. The maximum atomic E-state index is 8.33. The fourth-order valence-corrected chi connectivity index (χ4v) is 3.63. The SMILES string of the molecule is CNc1cc(C)nc(Nc2ccc(OC)c(N/C=C3/CN(C4COC4)CCC3=N)c2)n1. The third-order valence-electron chi connectivity index (χ3n) is 5.51. The molecule has 2 aliphatic heterocycles. The number of ether oxygens (including phenoxy) is 2. The number of nitrogens with zero attached hydrogens (tertiary/aromatic N) is 3. The zero-order chi connectivity index (χ0) is 21.8. The first-order chi connectivity index (χ1) is 15.1. The molecular formula is C22H29N7O2. The molecule has 3 heterocycles. The largest absolute Gasteiger partial charge is 0.495 e. The lowest BCUT2D eigenvalue weighted by Gasteiger charge is -2.40. The Hall–Kier alpha value is -3.17. The third-order valence-corrected chi connectivity index (χ3v) is 5.51. The normalized spacial score (nSPS) is 18.5. The number of nitrogens with one attached hydrogen (secondary N) is 4. The summed E-state index contributed by atoms with van der Waals surface area (Å²) in [5.41, 5.74) is 4.17. The zero-order valence-corrected chi connectivity index (χ0v) is 18.2. The maximum absolute atomic E-state index is 8.33. The molecule has 0 aliphatic carbocycles. The number of anilines is 4. The molecule has 9 heteroatoms. The van der Waals surface area contributed by atoms with Crippen LogP contribution >= 0.6 is 0 Å². The van der Waals surface area contributed by atoms with E-state index < -0.39 is 0 Å². The lowest BCUT2D eigenvalue weighted by molar-refractivity contribution is -0.0618. The van der Waals surface area contributed by atoms with Gasteiger partial charge in [0.1, 0.15) is 11.6 Å². The second kappa shape index (κ2) is 9.32. The first-order valence-electron chi connectivity index (χ1n) is 10.4. The van der Waals surface area contributed by atoms with Crippen LogP contribution in [0.2, 0.25) is 0 Å². The van der Waals surface area contributed by atoms with Gasteiger partial charge in [-0.1, -0.05) is 0 Å². The molecule has 31 heavy (non-hydrogen) atoms. The summed E-state index contributed by atoms with van der Waals surface area (Å²) in [6, 6.07) is 8.11. The van der Waals surface area contributed by atoms with Gasteiger partial charge in [-0.15, -0.1) is 0 Å². The molecule has 1 aromatic carbocycles. The molecule has 0 bridgehead atoms. The van der Waals surface area contributed by atoms with Crippen molar-refractivity contribution in [2.75, 3.05) is 56.4 Å². The summed E-state index contributed by atoms with van der Waals surface area (Å²) >= 11 is 0. The van der Waals surface area contributed by atoms with Gasteiger partial charge in [0.25, 0.3) is 0 Å². The molecule has 0 amide bonds. The Morgan fingerprint density at radius 3 is 2.81 bits per heavy atom. The Kier molecular flexibility index (Phi) is 6.34. The van der Waals surface area contributed by atoms with Crippen molar-refractivity contribution in [2.45, 2.75) is 19.4 Å². The molecule has 2 aliphatic rings. The van der Waals surface area contributed by atoms with Crippen molar-refractivity contribution in [3.05, 3.63) is 41.7 Å². The minimum absolute atomic E-state index is 0.468. The van der Waals surface area contributed by atoms with Crippen LogP contribution in [0.15, 0.2) is 36.0 Å². The van der Waals surface area contributed by atoms with Gasteiger partial charge < -0.3 is 30.8 Å². The molecule has 2 fully saturated rings. The Bertz CT molecular complexity index is 988. The van der Waals surface area contributed by atoms with Crippen molar-refractivity contribution in [3.63, 3.8) is 0 Å². The molecule has 9 nitrogen and oxygen atoms in total. The summed E-state index contributed by atoms with van der Waals surface area (Å²) in [4.78, 5) is 11.3. The number of methoxy groups -OCH3 is 1. The minimum atomic E-state index is 0.468. The quantitative estimate of drug-likeness (QED) is 0.538. The van der Waals surface area contributed by atoms with Gasteiger partial charge in [0.15, 0.2) is 0 Å². The predicted octanol–water partition coefficient (Wildman–Crippen LogP) is 3.00. The van der Waals surface area contributed by atoms with Gasteiger partial charge in [-0.3, -0.25) is 4.90 Å². The molecule has 0 unspecified atom stereocenters. The maximum Gasteiger partial charge on any atom is 0.229 e. The van der Waals surface area contributed by atoms with Gasteiger partial charge in [0, 0.05) is 61.5 Å². The van der Waals surface area contributed by atoms with Gasteiger partial charge in [-0.25, -0.2) is 4.98 Å². The lowest BCUT2D eigenvalue weighted by atomic mass is 10.0. The Labute approximate surface area is 182 Å². The van der Waals surface area contributed by atoms with E-state index in [4.69, 9.17) is 14.9 Å². The highest BCUT2D eigenvalue weighted by Crippen LogP contribution is 2.30. The molecule has 4 rings (SSSR count). The van der Waals surface area contributed by atoms with Gasteiger partial charge >= 0.3 is 0 Å². The number of likely N-dealkylation sites (tertiary alicyclic amines) is 1. The van der Waals surface area contributed by atoms with Crippen molar-refractivity contribution in [3.8, 4) is 5.75 Å². The predicted molar refractivity (Wildman–Crippen MR) is 123 cm³/mol. The topological polar surface area (TPSA) is 107 Å². The summed E-state index contributed by atoms with van der Waals surface area (Å²) in [5, 5.41) is 18.0. The van der Waals surface area contributed by atoms with Gasteiger partial charge in [0.2, 0.25) is 5.95 Å². The van der Waals surface area contributed by atoms with Crippen molar-refractivity contribution in [1.29, 1.82) is 5.41 Å². The molecular weight excluding hydrogens is 394 g/mol. The number of aromatic nitrogens is 2.